The van der Waals surface area contributed by atoms with E-state index in [0.717, 1.165) is 17.1 Å². The first-order valence-electron chi connectivity index (χ1n) is 11.7. The van der Waals surface area contributed by atoms with Gasteiger partial charge in [0, 0.05) is 17.1 Å². The van der Waals surface area contributed by atoms with E-state index in [1.807, 2.05) is 46.9 Å². The highest BCUT2D eigenvalue weighted by Gasteiger charge is 2.14. The molecule has 0 radical (unpaired) electrons. The molecule has 0 bridgehead atoms. The SMILES string of the molecule is Cc1ccc(C)n1-c1ccc(OCc2ccc(C(=O)N/N=C/c3ccc(O[C@H](C)C(=O)O)c(I)c3)o2)cc1. The summed E-state index contributed by atoms with van der Waals surface area (Å²) in [5.41, 5.74) is 6.50. The Hall–Kier alpha value is -4.06. The quantitative estimate of drug-likeness (QED) is 0.137. The molecular formula is C28H26IN3O6. The zero-order valence-corrected chi connectivity index (χ0v) is 23.1. The minimum Gasteiger partial charge on any atom is -0.486 e. The average Bonchev–Trinajstić information content (AvgIpc) is 3.50. The van der Waals surface area contributed by atoms with Crippen LogP contribution in [0, 0.1) is 17.4 Å². The van der Waals surface area contributed by atoms with Crippen molar-refractivity contribution >= 4 is 40.7 Å². The van der Waals surface area contributed by atoms with Crippen LogP contribution in [0.2, 0.25) is 0 Å². The molecule has 0 spiro atoms. The number of hydrogen-bond donors (Lipinski definition) is 2. The van der Waals surface area contributed by atoms with Gasteiger partial charge in [0.25, 0.3) is 0 Å². The number of hydrogen-bond acceptors (Lipinski definition) is 6. The van der Waals surface area contributed by atoms with Crippen molar-refractivity contribution in [2.45, 2.75) is 33.5 Å². The van der Waals surface area contributed by atoms with Gasteiger partial charge in [0.2, 0.25) is 0 Å². The zero-order chi connectivity index (χ0) is 27.2. The van der Waals surface area contributed by atoms with Crippen molar-refractivity contribution in [3.8, 4) is 17.2 Å². The molecule has 0 unspecified atom stereocenters. The maximum absolute atomic E-state index is 12.4. The lowest BCUT2D eigenvalue weighted by atomic mass is 10.2. The lowest BCUT2D eigenvalue weighted by Gasteiger charge is -2.12. The maximum atomic E-state index is 12.4. The third-order valence-electron chi connectivity index (χ3n) is 5.62. The first-order chi connectivity index (χ1) is 18.2. The van der Waals surface area contributed by atoms with E-state index in [9.17, 15) is 9.59 Å². The molecule has 2 aromatic carbocycles. The Labute approximate surface area is 233 Å². The number of aromatic nitrogens is 1. The Morgan fingerprint density at radius 1 is 1.08 bits per heavy atom. The zero-order valence-electron chi connectivity index (χ0n) is 21.0. The summed E-state index contributed by atoms with van der Waals surface area (Å²) >= 11 is 2.04. The largest absolute Gasteiger partial charge is 0.486 e. The number of aryl methyl sites for hydroxylation is 2. The van der Waals surface area contributed by atoms with E-state index in [-0.39, 0.29) is 12.4 Å². The van der Waals surface area contributed by atoms with E-state index in [4.69, 9.17) is 19.0 Å². The molecule has 38 heavy (non-hydrogen) atoms. The van der Waals surface area contributed by atoms with E-state index in [2.05, 4.69) is 41.1 Å². The smallest absolute Gasteiger partial charge is 0.344 e. The van der Waals surface area contributed by atoms with E-state index in [1.165, 1.54) is 13.1 Å². The summed E-state index contributed by atoms with van der Waals surface area (Å²) in [5.74, 6) is 0.200. The van der Waals surface area contributed by atoms with Crippen LogP contribution in [0.15, 0.2) is 76.2 Å². The highest BCUT2D eigenvalue weighted by Crippen LogP contribution is 2.23. The van der Waals surface area contributed by atoms with Crippen LogP contribution >= 0.6 is 22.6 Å². The van der Waals surface area contributed by atoms with Gasteiger partial charge in [-0.15, -0.1) is 0 Å². The van der Waals surface area contributed by atoms with Crippen LogP contribution in [0.1, 0.15) is 40.2 Å². The number of rotatable bonds is 10. The van der Waals surface area contributed by atoms with Crippen molar-refractivity contribution in [1.82, 2.24) is 9.99 Å². The number of amides is 1. The molecule has 0 aliphatic heterocycles. The van der Waals surface area contributed by atoms with Gasteiger partial charge < -0.3 is 23.6 Å². The number of carbonyl (C=O) groups is 2. The number of carboxylic acids is 1. The number of nitrogens with zero attached hydrogens (tertiary/aromatic N) is 2. The van der Waals surface area contributed by atoms with Gasteiger partial charge in [-0.05, 0) is 116 Å². The molecule has 0 fully saturated rings. The summed E-state index contributed by atoms with van der Waals surface area (Å²) < 4.78 is 19.7. The van der Waals surface area contributed by atoms with Crippen molar-refractivity contribution in [2.75, 3.05) is 0 Å². The molecule has 1 amide bonds. The van der Waals surface area contributed by atoms with Crippen molar-refractivity contribution in [2.24, 2.45) is 5.10 Å². The minimum atomic E-state index is -1.05. The average molecular weight is 627 g/mol. The molecule has 0 aliphatic carbocycles. The molecule has 2 N–H and O–H groups in total. The second kappa shape index (κ2) is 12.0. The van der Waals surface area contributed by atoms with Crippen LogP contribution in [-0.4, -0.2) is 33.9 Å². The van der Waals surface area contributed by atoms with Gasteiger partial charge in [-0.1, -0.05) is 0 Å². The molecule has 0 saturated heterocycles. The topological polar surface area (TPSA) is 115 Å². The second-order valence-corrected chi connectivity index (χ2v) is 9.65. The number of hydrazone groups is 1. The Balaban J connectivity index is 1.29. The molecular weight excluding hydrogens is 601 g/mol. The summed E-state index contributed by atoms with van der Waals surface area (Å²) in [5, 5.41) is 13.0. The number of carboxylic acid groups (broad SMARTS) is 1. The number of furan rings is 1. The Kier molecular flexibility index (Phi) is 8.52. The van der Waals surface area contributed by atoms with Crippen molar-refractivity contribution in [3.05, 3.63) is 98.8 Å². The van der Waals surface area contributed by atoms with Crippen LogP contribution in [0.4, 0.5) is 0 Å². The second-order valence-electron chi connectivity index (χ2n) is 8.49. The van der Waals surface area contributed by atoms with E-state index in [0.29, 0.717) is 26.4 Å². The predicted molar refractivity (Wildman–Crippen MR) is 150 cm³/mol. The molecule has 2 heterocycles. The normalized spacial score (nSPS) is 11.9. The monoisotopic (exact) mass is 627 g/mol. The summed E-state index contributed by atoms with van der Waals surface area (Å²) in [7, 11) is 0. The van der Waals surface area contributed by atoms with Crippen LogP contribution in [-0.2, 0) is 11.4 Å². The molecule has 9 nitrogen and oxygen atoms in total. The van der Waals surface area contributed by atoms with Crippen LogP contribution in [0.25, 0.3) is 5.69 Å². The lowest BCUT2D eigenvalue weighted by molar-refractivity contribution is -0.144. The molecule has 10 heteroatoms. The highest BCUT2D eigenvalue weighted by molar-refractivity contribution is 14.1. The molecule has 4 aromatic rings. The molecule has 0 aliphatic rings. The molecule has 0 saturated carbocycles. The Morgan fingerprint density at radius 2 is 1.79 bits per heavy atom. The van der Waals surface area contributed by atoms with E-state index >= 15 is 0 Å². The van der Waals surface area contributed by atoms with E-state index in [1.54, 1.807) is 30.3 Å². The number of ether oxygens (including phenoxy) is 2. The van der Waals surface area contributed by atoms with Crippen molar-refractivity contribution in [3.63, 3.8) is 0 Å². The van der Waals surface area contributed by atoms with Gasteiger partial charge in [0.05, 0.1) is 9.78 Å². The summed E-state index contributed by atoms with van der Waals surface area (Å²) in [6, 6.07) is 20.3. The fourth-order valence-corrected chi connectivity index (χ4v) is 4.32. The number of aliphatic carboxylic acids is 1. The Bertz CT molecular complexity index is 1450. The van der Waals surface area contributed by atoms with Gasteiger partial charge in [-0.25, -0.2) is 10.2 Å². The minimum absolute atomic E-state index is 0.107. The number of halogens is 1. The predicted octanol–water partition coefficient (Wildman–Crippen LogP) is 5.49. The van der Waals surface area contributed by atoms with Crippen molar-refractivity contribution in [1.29, 1.82) is 0 Å². The van der Waals surface area contributed by atoms with Crippen LogP contribution in [0.3, 0.4) is 0 Å². The first-order valence-corrected chi connectivity index (χ1v) is 12.8. The van der Waals surface area contributed by atoms with Gasteiger partial charge in [-0.2, -0.15) is 5.10 Å². The number of carbonyl (C=O) groups excluding carboxylic acids is 1. The lowest BCUT2D eigenvalue weighted by Crippen LogP contribution is -2.23. The Morgan fingerprint density at radius 3 is 2.45 bits per heavy atom. The standard InChI is InChI=1S/C28H26IN3O6/c1-17-4-5-18(2)32(17)21-7-9-22(10-8-21)36-16-23-11-13-26(38-23)27(33)31-30-15-20-6-12-25(24(29)14-20)37-19(3)28(34)35/h4-15,19H,16H2,1-3H3,(H,31,33)(H,34,35)/b30-15+/t19-/m1/s1. The van der Waals surface area contributed by atoms with Crippen molar-refractivity contribution < 1.29 is 28.6 Å². The van der Waals surface area contributed by atoms with Gasteiger partial charge in [0.1, 0.15) is 23.9 Å². The fraction of sp³-hybridized carbons (Fsp3) is 0.179. The first kappa shape index (κ1) is 27.0. The van der Waals surface area contributed by atoms with Crippen LogP contribution in [0.5, 0.6) is 11.5 Å². The molecule has 196 valence electrons. The molecule has 2 aromatic heterocycles. The number of benzene rings is 2. The summed E-state index contributed by atoms with van der Waals surface area (Å²) in [6.45, 7) is 5.75. The van der Waals surface area contributed by atoms with E-state index < -0.39 is 18.0 Å². The molecule has 4 rings (SSSR count). The highest BCUT2D eigenvalue weighted by atomic mass is 127. The third kappa shape index (κ3) is 6.62. The van der Waals surface area contributed by atoms with Gasteiger partial charge in [-0.3, -0.25) is 4.79 Å². The molecule has 1 atom stereocenters. The summed E-state index contributed by atoms with van der Waals surface area (Å²) in [6.07, 6.45) is 0.507. The fourth-order valence-electron chi connectivity index (χ4n) is 3.65. The van der Waals surface area contributed by atoms with Gasteiger partial charge in [0.15, 0.2) is 11.9 Å². The van der Waals surface area contributed by atoms with Gasteiger partial charge >= 0.3 is 11.9 Å². The maximum Gasteiger partial charge on any atom is 0.344 e. The summed E-state index contributed by atoms with van der Waals surface area (Å²) in [4.78, 5) is 23.4. The van der Waals surface area contributed by atoms with Crippen LogP contribution < -0.4 is 14.9 Å². The third-order valence-corrected chi connectivity index (χ3v) is 6.46. The number of nitrogens with one attached hydrogen (secondary N) is 1.